The number of fused-ring (bicyclic) bond motifs is 1. The van der Waals surface area contributed by atoms with E-state index in [1.54, 1.807) is 21.3 Å². The van der Waals surface area contributed by atoms with Gasteiger partial charge in [-0.25, -0.2) is 4.98 Å². The van der Waals surface area contributed by atoms with Gasteiger partial charge in [-0.15, -0.1) is 0 Å². The molecule has 0 spiro atoms. The van der Waals surface area contributed by atoms with Crippen LogP contribution in [0.1, 0.15) is 36.8 Å². The lowest BCUT2D eigenvalue weighted by molar-refractivity contribution is 0.199. The van der Waals surface area contributed by atoms with E-state index < -0.39 is 0 Å². The van der Waals surface area contributed by atoms with Crippen LogP contribution >= 0.6 is 0 Å². The summed E-state index contributed by atoms with van der Waals surface area (Å²) in [5.41, 5.74) is 4.22. The Kier molecular flexibility index (Phi) is 8.09. The van der Waals surface area contributed by atoms with Crippen molar-refractivity contribution in [1.29, 1.82) is 0 Å². The molecule has 0 aliphatic heterocycles. The molecule has 0 aliphatic carbocycles. The minimum atomic E-state index is 0.315. The number of nitrogens with zero attached hydrogens (tertiary/aromatic N) is 1. The normalized spacial score (nSPS) is 10.9. The molecular weight excluding hydrogens is 280 g/mol. The Balaban J connectivity index is 0.000000745. The summed E-state index contributed by atoms with van der Waals surface area (Å²) < 4.78 is 15.1. The second kappa shape index (κ2) is 9.56. The molecule has 124 valence electrons. The molecule has 0 fully saturated rings. The van der Waals surface area contributed by atoms with Gasteiger partial charge in [0, 0.05) is 40.3 Å². The first-order chi connectivity index (χ1) is 10.5. The Morgan fingerprint density at radius 2 is 1.91 bits per heavy atom. The lowest BCUT2D eigenvalue weighted by Gasteiger charge is -2.05. The van der Waals surface area contributed by atoms with E-state index in [9.17, 15) is 0 Å². The van der Waals surface area contributed by atoms with Crippen molar-refractivity contribution >= 4 is 11.1 Å². The number of methoxy groups -OCH3 is 2. The van der Waals surface area contributed by atoms with Crippen molar-refractivity contribution in [2.75, 3.05) is 34.5 Å². The fraction of sp³-hybridized carbons (Fsp3) is 0.588. The molecule has 1 heterocycles. The molecule has 0 saturated heterocycles. The number of oxazole rings is 1. The quantitative estimate of drug-likeness (QED) is 0.830. The molecule has 0 unspecified atom stereocenters. The number of rotatable bonds is 6. The average Bonchev–Trinajstić information content (AvgIpc) is 2.89. The first kappa shape index (κ1) is 18.6. The van der Waals surface area contributed by atoms with Gasteiger partial charge in [0.2, 0.25) is 0 Å². The number of hydrogen-bond donors (Lipinski definition) is 1. The molecule has 0 bridgehead atoms. The lowest BCUT2D eigenvalue weighted by Crippen LogP contribution is -2.18. The lowest BCUT2D eigenvalue weighted by atomic mass is 10.1. The zero-order valence-electron chi connectivity index (χ0n) is 14.5. The van der Waals surface area contributed by atoms with Gasteiger partial charge in [0.1, 0.15) is 5.52 Å². The van der Waals surface area contributed by atoms with E-state index in [1.807, 2.05) is 0 Å². The van der Waals surface area contributed by atoms with E-state index in [2.05, 4.69) is 47.9 Å². The standard InChI is InChI=1S/C15H22N2O2.C2H6O/c1-10(2)15-17-13-8-12(9-16-5-6-18-4)7-11(3)14(13)19-15;1-3-2/h7-8,10,16H,5-6,9H2,1-4H3;1-2H3. The van der Waals surface area contributed by atoms with Gasteiger partial charge in [-0.3, -0.25) is 0 Å². The third-order valence-electron chi connectivity index (χ3n) is 3.06. The summed E-state index contributed by atoms with van der Waals surface area (Å²) in [6.07, 6.45) is 0. The fourth-order valence-corrected chi connectivity index (χ4v) is 2.05. The molecule has 1 aromatic heterocycles. The van der Waals surface area contributed by atoms with Gasteiger partial charge >= 0.3 is 0 Å². The molecule has 5 heteroatoms. The Morgan fingerprint density at radius 1 is 1.23 bits per heavy atom. The van der Waals surface area contributed by atoms with Crippen molar-refractivity contribution in [3.05, 3.63) is 29.2 Å². The van der Waals surface area contributed by atoms with Gasteiger partial charge in [0.05, 0.1) is 6.61 Å². The van der Waals surface area contributed by atoms with Gasteiger partial charge in [-0.05, 0) is 24.1 Å². The number of hydrogen-bond acceptors (Lipinski definition) is 5. The maximum Gasteiger partial charge on any atom is 0.198 e. The highest BCUT2D eigenvalue weighted by atomic mass is 16.5. The number of benzene rings is 1. The van der Waals surface area contributed by atoms with Crippen LogP contribution in [-0.4, -0.2) is 39.5 Å². The SMILES string of the molecule is COC.COCCNCc1cc(C)c2oc(C(C)C)nc2c1. The average molecular weight is 308 g/mol. The molecule has 22 heavy (non-hydrogen) atoms. The number of ether oxygens (including phenoxy) is 2. The monoisotopic (exact) mass is 308 g/mol. The first-order valence-corrected chi connectivity index (χ1v) is 7.53. The zero-order valence-corrected chi connectivity index (χ0v) is 14.5. The Morgan fingerprint density at radius 3 is 2.50 bits per heavy atom. The largest absolute Gasteiger partial charge is 0.440 e. The Hall–Kier alpha value is -1.43. The van der Waals surface area contributed by atoms with Crippen molar-refractivity contribution in [2.45, 2.75) is 33.2 Å². The molecule has 1 N–H and O–H groups in total. The molecule has 2 rings (SSSR count). The van der Waals surface area contributed by atoms with Gasteiger partial charge in [-0.2, -0.15) is 0 Å². The second-order valence-electron chi connectivity index (χ2n) is 5.55. The molecule has 2 aromatic rings. The topological polar surface area (TPSA) is 56.5 Å². The van der Waals surface area contributed by atoms with Crippen molar-refractivity contribution in [2.24, 2.45) is 0 Å². The van der Waals surface area contributed by atoms with Gasteiger partial charge in [0.15, 0.2) is 11.5 Å². The highest BCUT2D eigenvalue weighted by Crippen LogP contribution is 2.25. The van der Waals surface area contributed by atoms with Gasteiger partial charge in [0.25, 0.3) is 0 Å². The van der Waals surface area contributed by atoms with Crippen molar-refractivity contribution in [3.63, 3.8) is 0 Å². The van der Waals surface area contributed by atoms with Gasteiger partial charge in [-0.1, -0.05) is 19.9 Å². The summed E-state index contributed by atoms with van der Waals surface area (Å²) in [5.74, 6) is 1.12. The molecule has 0 aliphatic rings. The van der Waals surface area contributed by atoms with E-state index in [1.165, 1.54) is 5.56 Å². The van der Waals surface area contributed by atoms with Crippen molar-refractivity contribution < 1.29 is 13.9 Å². The minimum absolute atomic E-state index is 0.315. The van der Waals surface area contributed by atoms with Crippen LogP contribution < -0.4 is 5.32 Å². The summed E-state index contributed by atoms with van der Waals surface area (Å²) in [7, 11) is 4.96. The van der Waals surface area contributed by atoms with E-state index >= 15 is 0 Å². The van der Waals surface area contributed by atoms with Crippen LogP contribution in [-0.2, 0) is 16.0 Å². The second-order valence-corrected chi connectivity index (χ2v) is 5.55. The maximum absolute atomic E-state index is 5.81. The van der Waals surface area contributed by atoms with Crippen molar-refractivity contribution in [1.82, 2.24) is 10.3 Å². The first-order valence-electron chi connectivity index (χ1n) is 7.53. The smallest absolute Gasteiger partial charge is 0.198 e. The molecule has 0 atom stereocenters. The van der Waals surface area contributed by atoms with Crippen LogP contribution in [0.3, 0.4) is 0 Å². The summed E-state index contributed by atoms with van der Waals surface area (Å²) in [5, 5.41) is 3.34. The third-order valence-corrected chi connectivity index (χ3v) is 3.06. The van der Waals surface area contributed by atoms with Crippen LogP contribution in [0.5, 0.6) is 0 Å². The predicted molar refractivity (Wildman–Crippen MR) is 89.4 cm³/mol. The Labute approximate surface area is 133 Å². The molecule has 5 nitrogen and oxygen atoms in total. The third kappa shape index (κ3) is 5.40. The molecule has 0 radical (unpaired) electrons. The highest BCUT2D eigenvalue weighted by molar-refractivity contribution is 5.77. The minimum Gasteiger partial charge on any atom is -0.440 e. The summed E-state index contributed by atoms with van der Waals surface area (Å²) >= 11 is 0. The molecule has 0 saturated carbocycles. The molecule has 1 aromatic carbocycles. The van der Waals surface area contributed by atoms with Crippen molar-refractivity contribution in [3.8, 4) is 0 Å². The Bertz CT molecular complexity index is 564. The van der Waals surface area contributed by atoms with E-state index in [0.717, 1.165) is 42.3 Å². The van der Waals surface area contributed by atoms with E-state index in [4.69, 9.17) is 9.15 Å². The van der Waals surface area contributed by atoms with E-state index in [0.29, 0.717) is 5.92 Å². The number of aryl methyl sites for hydroxylation is 1. The summed E-state index contributed by atoms with van der Waals surface area (Å²) in [6.45, 7) is 8.65. The number of aromatic nitrogens is 1. The zero-order chi connectivity index (χ0) is 16.5. The molecule has 0 amide bonds. The van der Waals surface area contributed by atoms with Crippen LogP contribution in [0.4, 0.5) is 0 Å². The van der Waals surface area contributed by atoms with Crippen LogP contribution in [0.2, 0.25) is 0 Å². The summed E-state index contributed by atoms with van der Waals surface area (Å²) in [6, 6.07) is 4.24. The predicted octanol–water partition coefficient (Wildman–Crippen LogP) is 3.26. The van der Waals surface area contributed by atoms with E-state index in [-0.39, 0.29) is 0 Å². The van der Waals surface area contributed by atoms with Gasteiger partial charge < -0.3 is 19.2 Å². The summed E-state index contributed by atoms with van der Waals surface area (Å²) in [4.78, 5) is 4.56. The number of nitrogens with one attached hydrogen (secondary N) is 1. The maximum atomic E-state index is 5.81. The highest BCUT2D eigenvalue weighted by Gasteiger charge is 2.12. The van der Waals surface area contributed by atoms with Crippen LogP contribution in [0.25, 0.3) is 11.1 Å². The molecular formula is C17H28N2O3. The fourth-order valence-electron chi connectivity index (χ4n) is 2.05. The van der Waals surface area contributed by atoms with Crippen LogP contribution in [0, 0.1) is 6.92 Å². The van der Waals surface area contributed by atoms with Crippen LogP contribution in [0.15, 0.2) is 16.5 Å².